The second kappa shape index (κ2) is 7.44. The Morgan fingerprint density at radius 2 is 1.43 bits per heavy atom. The van der Waals surface area contributed by atoms with Crippen LogP contribution >= 0.6 is 11.8 Å². The number of benzene rings is 3. The number of anilines is 1. The third kappa shape index (κ3) is 3.25. The second-order valence-corrected chi connectivity index (χ2v) is 7.44. The highest BCUT2D eigenvalue weighted by Crippen LogP contribution is 2.41. The third-order valence-electron chi connectivity index (χ3n) is 4.49. The highest BCUT2D eigenvalue weighted by atomic mass is 32.2. The first-order chi connectivity index (χ1) is 13.6. The van der Waals surface area contributed by atoms with Crippen LogP contribution in [-0.2, 0) is 9.59 Å². The van der Waals surface area contributed by atoms with E-state index >= 15 is 0 Å². The number of nitrogens with zero attached hydrogens (tertiary/aromatic N) is 1. The molecule has 0 N–H and O–H groups in total. The zero-order chi connectivity index (χ0) is 19.7. The maximum atomic E-state index is 13.4. The number of carbonyl (C=O) groups is 2. The first-order valence-corrected chi connectivity index (χ1v) is 9.55. The molecule has 0 aliphatic carbocycles. The summed E-state index contributed by atoms with van der Waals surface area (Å²) >= 11 is 1.25. The van der Waals surface area contributed by atoms with Gasteiger partial charge >= 0.3 is 0 Å². The van der Waals surface area contributed by atoms with Gasteiger partial charge in [-0.25, -0.2) is 9.29 Å². The van der Waals surface area contributed by atoms with Crippen LogP contribution in [0.3, 0.4) is 0 Å². The normalized spacial score (nSPS) is 14.1. The fourth-order valence-electron chi connectivity index (χ4n) is 3.11. The van der Waals surface area contributed by atoms with Gasteiger partial charge < -0.3 is 0 Å². The largest absolute Gasteiger partial charge is 0.272 e. The van der Waals surface area contributed by atoms with Crippen molar-refractivity contribution in [3.8, 4) is 0 Å². The molecule has 0 saturated carbocycles. The van der Waals surface area contributed by atoms with Crippen molar-refractivity contribution in [2.45, 2.75) is 11.8 Å². The van der Waals surface area contributed by atoms with Gasteiger partial charge in [0.25, 0.3) is 11.8 Å². The fourth-order valence-corrected chi connectivity index (χ4v) is 4.13. The van der Waals surface area contributed by atoms with E-state index in [0.29, 0.717) is 21.7 Å². The van der Waals surface area contributed by atoms with E-state index in [0.717, 1.165) is 10.5 Å². The molecule has 0 spiro atoms. The van der Waals surface area contributed by atoms with Crippen LogP contribution in [0.1, 0.15) is 11.1 Å². The van der Waals surface area contributed by atoms with Crippen molar-refractivity contribution < 1.29 is 14.0 Å². The van der Waals surface area contributed by atoms with Crippen molar-refractivity contribution >= 4 is 34.8 Å². The number of halogens is 1. The summed E-state index contributed by atoms with van der Waals surface area (Å²) in [7, 11) is 0. The molecule has 0 saturated heterocycles. The van der Waals surface area contributed by atoms with Gasteiger partial charge in [-0.2, -0.15) is 0 Å². The molecule has 2 amide bonds. The number of thioether (sulfide) groups is 1. The molecule has 28 heavy (non-hydrogen) atoms. The summed E-state index contributed by atoms with van der Waals surface area (Å²) in [6.45, 7) is 1.86. The number of imide groups is 1. The molecule has 0 unspecified atom stereocenters. The molecular formula is C23H16FNO2S. The van der Waals surface area contributed by atoms with Gasteiger partial charge in [0, 0.05) is 4.90 Å². The highest BCUT2D eigenvalue weighted by Gasteiger charge is 2.40. The monoisotopic (exact) mass is 389 g/mol. The Morgan fingerprint density at radius 3 is 2.11 bits per heavy atom. The molecule has 0 bridgehead atoms. The number of amides is 2. The first-order valence-electron chi connectivity index (χ1n) is 8.74. The summed E-state index contributed by atoms with van der Waals surface area (Å²) < 4.78 is 13.4. The van der Waals surface area contributed by atoms with Gasteiger partial charge in [-0.3, -0.25) is 9.59 Å². The Balaban J connectivity index is 1.84. The van der Waals surface area contributed by atoms with E-state index in [4.69, 9.17) is 0 Å². The molecule has 3 nitrogen and oxygen atoms in total. The Hall–Kier alpha value is -3.18. The van der Waals surface area contributed by atoms with Crippen molar-refractivity contribution in [2.75, 3.05) is 4.90 Å². The smallest absolute Gasteiger partial charge is 0.268 e. The highest BCUT2D eigenvalue weighted by molar-refractivity contribution is 8.04. The first kappa shape index (κ1) is 18.2. The lowest BCUT2D eigenvalue weighted by Crippen LogP contribution is -2.31. The summed E-state index contributed by atoms with van der Waals surface area (Å²) in [4.78, 5) is 29.0. The molecule has 1 aliphatic rings. The minimum Gasteiger partial charge on any atom is -0.268 e. The molecule has 0 fully saturated rings. The number of carbonyl (C=O) groups excluding carboxylic acids is 2. The molecule has 0 aromatic heterocycles. The third-order valence-corrected chi connectivity index (χ3v) is 5.58. The van der Waals surface area contributed by atoms with E-state index < -0.39 is 11.7 Å². The van der Waals surface area contributed by atoms with Gasteiger partial charge in [0.15, 0.2) is 0 Å². The van der Waals surface area contributed by atoms with Crippen LogP contribution in [0.2, 0.25) is 0 Å². The van der Waals surface area contributed by atoms with Crippen LogP contribution < -0.4 is 4.90 Å². The minimum atomic E-state index is -0.399. The SMILES string of the molecule is Cc1ccccc1N1C(=O)C(Sc2ccccc2)=C(c2ccc(F)cc2)C1=O. The standard InChI is InChI=1S/C23H16FNO2S/c1-15-7-5-6-10-19(15)25-22(26)20(16-11-13-17(24)14-12-16)21(23(25)27)28-18-8-3-2-4-9-18/h2-14H,1H3. The molecule has 5 heteroatoms. The summed E-state index contributed by atoms with van der Waals surface area (Å²) in [5.41, 5.74) is 2.20. The molecule has 1 aliphatic heterocycles. The van der Waals surface area contributed by atoms with Crippen LogP contribution in [-0.4, -0.2) is 11.8 Å². The number of rotatable bonds is 4. The quantitative estimate of drug-likeness (QED) is 0.575. The number of aryl methyl sites for hydroxylation is 1. The average Bonchev–Trinajstić information content (AvgIpc) is 2.94. The summed E-state index contributed by atoms with van der Waals surface area (Å²) in [6, 6.07) is 22.3. The number of hydrogen-bond acceptors (Lipinski definition) is 3. The van der Waals surface area contributed by atoms with Gasteiger partial charge in [0.05, 0.1) is 16.2 Å². The predicted octanol–water partition coefficient (Wildman–Crippen LogP) is 5.21. The Bertz CT molecular complexity index is 1090. The van der Waals surface area contributed by atoms with E-state index in [2.05, 4.69) is 0 Å². The van der Waals surface area contributed by atoms with Crippen LogP contribution in [0.25, 0.3) is 5.57 Å². The summed E-state index contributed by atoms with van der Waals surface area (Å²) in [6.07, 6.45) is 0. The maximum absolute atomic E-state index is 13.4. The Kier molecular flexibility index (Phi) is 4.84. The Labute approximate surface area is 166 Å². The van der Waals surface area contributed by atoms with Gasteiger partial charge in [0.1, 0.15) is 5.82 Å². The number of para-hydroxylation sites is 1. The second-order valence-electron chi connectivity index (χ2n) is 6.36. The molecule has 3 aromatic carbocycles. The zero-order valence-electron chi connectivity index (χ0n) is 15.1. The topological polar surface area (TPSA) is 37.4 Å². The molecule has 0 atom stereocenters. The van der Waals surface area contributed by atoms with E-state index in [1.54, 1.807) is 12.1 Å². The lowest BCUT2D eigenvalue weighted by Gasteiger charge is -2.17. The lowest BCUT2D eigenvalue weighted by molar-refractivity contribution is -0.119. The molecular weight excluding hydrogens is 373 g/mol. The maximum Gasteiger partial charge on any atom is 0.272 e. The van der Waals surface area contributed by atoms with Crippen LogP contribution in [0.5, 0.6) is 0 Å². The van der Waals surface area contributed by atoms with Crippen molar-refractivity contribution in [1.82, 2.24) is 0 Å². The van der Waals surface area contributed by atoms with Crippen molar-refractivity contribution in [3.63, 3.8) is 0 Å². The lowest BCUT2D eigenvalue weighted by atomic mass is 10.1. The summed E-state index contributed by atoms with van der Waals surface area (Å²) in [5, 5.41) is 0. The van der Waals surface area contributed by atoms with Crippen LogP contribution in [0.4, 0.5) is 10.1 Å². The van der Waals surface area contributed by atoms with E-state index in [1.165, 1.54) is 40.9 Å². The van der Waals surface area contributed by atoms with Crippen LogP contribution in [0.15, 0.2) is 88.7 Å². The summed E-state index contributed by atoms with van der Waals surface area (Å²) in [5.74, 6) is -1.16. The predicted molar refractivity (Wildman–Crippen MR) is 109 cm³/mol. The fraction of sp³-hybridized carbons (Fsp3) is 0.0435. The molecule has 138 valence electrons. The van der Waals surface area contributed by atoms with Crippen molar-refractivity contribution in [2.24, 2.45) is 0 Å². The molecule has 0 radical (unpaired) electrons. The number of hydrogen-bond donors (Lipinski definition) is 0. The molecule has 4 rings (SSSR count). The van der Waals surface area contributed by atoms with Crippen molar-refractivity contribution in [3.05, 3.63) is 101 Å². The average molecular weight is 389 g/mol. The molecule has 3 aromatic rings. The van der Waals surface area contributed by atoms with E-state index in [9.17, 15) is 14.0 Å². The van der Waals surface area contributed by atoms with Gasteiger partial charge in [0.2, 0.25) is 0 Å². The van der Waals surface area contributed by atoms with Gasteiger partial charge in [-0.05, 0) is 48.4 Å². The minimum absolute atomic E-state index is 0.294. The molecule has 1 heterocycles. The van der Waals surface area contributed by atoms with Gasteiger partial charge in [-0.15, -0.1) is 0 Å². The van der Waals surface area contributed by atoms with E-state index in [-0.39, 0.29) is 5.91 Å². The van der Waals surface area contributed by atoms with Crippen molar-refractivity contribution in [1.29, 1.82) is 0 Å². The zero-order valence-corrected chi connectivity index (χ0v) is 15.9. The Morgan fingerprint density at radius 1 is 0.786 bits per heavy atom. The van der Waals surface area contributed by atoms with Crippen LogP contribution in [0, 0.1) is 12.7 Å². The van der Waals surface area contributed by atoms with Gasteiger partial charge in [-0.1, -0.05) is 60.3 Å². The van der Waals surface area contributed by atoms with E-state index in [1.807, 2.05) is 49.4 Å².